The lowest BCUT2D eigenvalue weighted by atomic mass is 10.0. The van der Waals surface area contributed by atoms with Gasteiger partial charge in [0.1, 0.15) is 18.0 Å². The van der Waals surface area contributed by atoms with E-state index in [9.17, 15) is 13.2 Å². The highest BCUT2D eigenvalue weighted by molar-refractivity contribution is 7.90. The van der Waals surface area contributed by atoms with E-state index in [1.807, 2.05) is 6.07 Å². The van der Waals surface area contributed by atoms with Crippen LogP contribution in [0, 0.1) is 0 Å². The molecule has 1 atom stereocenters. The third kappa shape index (κ3) is 3.29. The van der Waals surface area contributed by atoms with Crippen LogP contribution in [0.1, 0.15) is 12.8 Å². The molecule has 4 rings (SSSR count). The van der Waals surface area contributed by atoms with Crippen molar-refractivity contribution in [1.29, 1.82) is 0 Å². The number of sulfonamides is 1. The number of pyridine rings is 1. The SMILES string of the molecule is O=C1CO[C@@]2(COCCN(S(=O)(=O)C3CC3)C2)CN1c1ccccn1. The molecule has 3 aliphatic rings. The number of rotatable bonds is 3. The summed E-state index contributed by atoms with van der Waals surface area (Å²) in [5.41, 5.74) is -0.871. The normalized spacial score (nSPS) is 29.0. The maximum absolute atomic E-state index is 12.7. The highest BCUT2D eigenvalue weighted by Gasteiger charge is 2.48. The number of hydrogen-bond acceptors (Lipinski definition) is 6. The topological polar surface area (TPSA) is 89.0 Å². The Balaban J connectivity index is 1.60. The smallest absolute Gasteiger partial charge is 0.254 e. The van der Waals surface area contributed by atoms with Crippen molar-refractivity contribution in [3.05, 3.63) is 24.4 Å². The van der Waals surface area contributed by atoms with Crippen LogP contribution in [0.5, 0.6) is 0 Å². The van der Waals surface area contributed by atoms with Gasteiger partial charge in [0.15, 0.2) is 0 Å². The summed E-state index contributed by atoms with van der Waals surface area (Å²) in [5.74, 6) is 0.348. The quantitative estimate of drug-likeness (QED) is 0.748. The van der Waals surface area contributed by atoms with Gasteiger partial charge < -0.3 is 9.47 Å². The zero-order valence-corrected chi connectivity index (χ0v) is 14.7. The van der Waals surface area contributed by atoms with Crippen LogP contribution in [0.4, 0.5) is 5.82 Å². The molecule has 0 N–H and O–H groups in total. The second-order valence-electron chi connectivity index (χ2n) is 6.77. The molecule has 0 bridgehead atoms. The second kappa shape index (κ2) is 6.31. The van der Waals surface area contributed by atoms with Crippen LogP contribution < -0.4 is 4.90 Å². The number of morpholine rings is 1. The van der Waals surface area contributed by atoms with Crippen LogP contribution in [0.15, 0.2) is 24.4 Å². The fraction of sp³-hybridized carbons (Fsp3) is 0.625. The van der Waals surface area contributed by atoms with Gasteiger partial charge in [-0.3, -0.25) is 9.69 Å². The fourth-order valence-corrected chi connectivity index (χ4v) is 5.18. The standard InChI is InChI=1S/C16H21N3O5S/c20-15-9-24-16(11-19(15)14-3-1-2-6-17-14)10-18(7-8-23-12-16)25(21,22)13-4-5-13/h1-3,6,13H,4-5,7-12H2/t16-/m1/s1. The van der Waals surface area contributed by atoms with E-state index < -0.39 is 15.6 Å². The molecule has 0 unspecified atom stereocenters. The van der Waals surface area contributed by atoms with E-state index in [1.54, 1.807) is 23.2 Å². The Hall–Kier alpha value is -1.55. The maximum atomic E-state index is 12.7. The Morgan fingerprint density at radius 3 is 2.80 bits per heavy atom. The molecule has 3 fully saturated rings. The molecular formula is C16H21N3O5S. The molecule has 8 nitrogen and oxygen atoms in total. The summed E-state index contributed by atoms with van der Waals surface area (Å²) in [5, 5.41) is -0.278. The van der Waals surface area contributed by atoms with Crippen molar-refractivity contribution in [3.8, 4) is 0 Å². The molecule has 1 saturated carbocycles. The Morgan fingerprint density at radius 1 is 1.24 bits per heavy atom. The molecule has 0 radical (unpaired) electrons. The lowest BCUT2D eigenvalue weighted by Gasteiger charge is -2.42. The van der Waals surface area contributed by atoms with Crippen LogP contribution >= 0.6 is 0 Å². The third-order valence-corrected chi connectivity index (χ3v) is 7.14. The Kier molecular flexibility index (Phi) is 4.27. The Labute approximate surface area is 146 Å². The largest absolute Gasteiger partial charge is 0.377 e. The summed E-state index contributed by atoms with van der Waals surface area (Å²) in [6.45, 7) is 1.20. The summed E-state index contributed by atoms with van der Waals surface area (Å²) in [6.07, 6.45) is 3.05. The lowest BCUT2D eigenvalue weighted by molar-refractivity contribution is -0.145. The molecule has 1 amide bonds. The third-order valence-electron chi connectivity index (χ3n) is 4.80. The molecule has 1 aliphatic carbocycles. The molecular weight excluding hydrogens is 346 g/mol. The Bertz CT molecular complexity index is 752. The van der Waals surface area contributed by atoms with Crippen molar-refractivity contribution in [1.82, 2.24) is 9.29 Å². The van der Waals surface area contributed by atoms with Crippen molar-refractivity contribution >= 4 is 21.7 Å². The van der Waals surface area contributed by atoms with Crippen LogP contribution in [0.2, 0.25) is 0 Å². The van der Waals surface area contributed by atoms with Gasteiger partial charge in [-0.1, -0.05) is 6.07 Å². The van der Waals surface area contributed by atoms with Crippen molar-refractivity contribution in [2.45, 2.75) is 23.7 Å². The number of hydrogen-bond donors (Lipinski definition) is 0. The van der Waals surface area contributed by atoms with Gasteiger partial charge in [-0.05, 0) is 25.0 Å². The highest BCUT2D eigenvalue weighted by Crippen LogP contribution is 2.34. The molecule has 1 spiro atoms. The van der Waals surface area contributed by atoms with E-state index in [0.29, 0.717) is 31.8 Å². The van der Waals surface area contributed by atoms with Crippen LogP contribution in [-0.2, 0) is 24.3 Å². The van der Waals surface area contributed by atoms with Gasteiger partial charge >= 0.3 is 0 Å². The first kappa shape index (κ1) is 16.9. The van der Waals surface area contributed by atoms with E-state index in [-0.39, 0.29) is 37.5 Å². The molecule has 0 aromatic carbocycles. The highest BCUT2D eigenvalue weighted by atomic mass is 32.2. The zero-order chi connectivity index (χ0) is 17.5. The number of anilines is 1. The van der Waals surface area contributed by atoms with E-state index in [0.717, 1.165) is 0 Å². The van der Waals surface area contributed by atoms with Crippen molar-refractivity contribution in [2.24, 2.45) is 0 Å². The van der Waals surface area contributed by atoms with Crippen molar-refractivity contribution in [2.75, 3.05) is 44.4 Å². The number of ether oxygens (including phenoxy) is 2. The van der Waals surface area contributed by atoms with Gasteiger partial charge in [0, 0.05) is 19.3 Å². The minimum atomic E-state index is -3.33. The van der Waals surface area contributed by atoms with Gasteiger partial charge in [-0.15, -0.1) is 0 Å². The van der Waals surface area contributed by atoms with E-state index in [4.69, 9.17) is 9.47 Å². The first-order valence-corrected chi connectivity index (χ1v) is 9.93. The van der Waals surface area contributed by atoms with E-state index in [1.165, 1.54) is 4.31 Å². The Morgan fingerprint density at radius 2 is 2.08 bits per heavy atom. The molecule has 1 aromatic rings. The predicted octanol–water partition coefficient (Wildman–Crippen LogP) is 0.00800. The van der Waals surface area contributed by atoms with E-state index >= 15 is 0 Å². The summed E-state index contributed by atoms with van der Waals surface area (Å²) >= 11 is 0. The van der Waals surface area contributed by atoms with Crippen LogP contribution in [-0.4, -0.2) is 73.9 Å². The van der Waals surface area contributed by atoms with Gasteiger partial charge in [0.2, 0.25) is 10.0 Å². The first-order valence-electron chi connectivity index (χ1n) is 8.42. The molecule has 136 valence electrons. The molecule has 3 heterocycles. The number of amides is 1. The monoisotopic (exact) mass is 367 g/mol. The molecule has 25 heavy (non-hydrogen) atoms. The molecule has 2 aliphatic heterocycles. The summed E-state index contributed by atoms with van der Waals surface area (Å²) in [4.78, 5) is 18.1. The summed E-state index contributed by atoms with van der Waals surface area (Å²) in [7, 11) is -3.33. The molecule has 9 heteroatoms. The number of carbonyl (C=O) groups excluding carboxylic acids is 1. The van der Waals surface area contributed by atoms with Crippen LogP contribution in [0.25, 0.3) is 0 Å². The average Bonchev–Trinajstić information content (AvgIpc) is 3.46. The zero-order valence-electron chi connectivity index (χ0n) is 13.8. The second-order valence-corrected chi connectivity index (χ2v) is 8.98. The summed E-state index contributed by atoms with van der Waals surface area (Å²) < 4.78 is 38.3. The van der Waals surface area contributed by atoms with Gasteiger partial charge in [-0.25, -0.2) is 13.4 Å². The van der Waals surface area contributed by atoms with Gasteiger partial charge in [-0.2, -0.15) is 4.31 Å². The average molecular weight is 367 g/mol. The molecule has 1 aromatic heterocycles. The van der Waals surface area contributed by atoms with Gasteiger partial charge in [0.05, 0.1) is 25.0 Å². The van der Waals surface area contributed by atoms with Gasteiger partial charge in [0.25, 0.3) is 5.91 Å². The molecule has 2 saturated heterocycles. The maximum Gasteiger partial charge on any atom is 0.254 e. The van der Waals surface area contributed by atoms with Crippen molar-refractivity contribution < 1.29 is 22.7 Å². The van der Waals surface area contributed by atoms with Crippen molar-refractivity contribution in [3.63, 3.8) is 0 Å². The predicted molar refractivity (Wildman–Crippen MR) is 89.6 cm³/mol. The lowest BCUT2D eigenvalue weighted by Crippen LogP contribution is -2.61. The number of nitrogens with zero attached hydrogens (tertiary/aromatic N) is 3. The van der Waals surface area contributed by atoms with Crippen LogP contribution in [0.3, 0.4) is 0 Å². The number of aromatic nitrogens is 1. The first-order chi connectivity index (χ1) is 12.0. The fourth-order valence-electron chi connectivity index (χ4n) is 3.28. The number of carbonyl (C=O) groups is 1. The minimum Gasteiger partial charge on any atom is -0.377 e. The minimum absolute atomic E-state index is 0.114. The summed E-state index contributed by atoms with van der Waals surface area (Å²) in [6, 6.07) is 5.35. The van der Waals surface area contributed by atoms with E-state index in [2.05, 4.69) is 4.98 Å².